The fraction of sp³-hybridized carbons (Fsp3) is 0.947. The molecule has 0 aromatic carbocycles. The summed E-state index contributed by atoms with van der Waals surface area (Å²) in [5, 5.41) is 14.0. The number of esters is 1. The van der Waals surface area contributed by atoms with E-state index in [2.05, 4.69) is 5.32 Å². The fourth-order valence-electron chi connectivity index (χ4n) is 6.07. The lowest BCUT2D eigenvalue weighted by molar-refractivity contribution is -0.141. The third kappa shape index (κ3) is 3.17. The van der Waals surface area contributed by atoms with Crippen molar-refractivity contribution in [3.05, 3.63) is 0 Å². The first-order valence-corrected chi connectivity index (χ1v) is 9.83. The van der Waals surface area contributed by atoms with Crippen molar-refractivity contribution in [2.45, 2.75) is 76.5 Å². The normalized spacial score (nSPS) is 45.0. The van der Waals surface area contributed by atoms with Crippen LogP contribution in [-0.4, -0.2) is 30.0 Å². The molecule has 1 aliphatic heterocycles. The van der Waals surface area contributed by atoms with Crippen LogP contribution in [0.3, 0.4) is 0 Å². The topological polar surface area (TPSA) is 58.6 Å². The van der Waals surface area contributed by atoms with Crippen LogP contribution >= 0.6 is 0 Å². The zero-order chi connectivity index (χ0) is 15.8. The summed E-state index contributed by atoms with van der Waals surface area (Å²) < 4.78 is 5.02. The molecule has 0 amide bonds. The number of carbonyl (C=O) groups is 1. The van der Waals surface area contributed by atoms with Crippen LogP contribution in [0.2, 0.25) is 0 Å². The molecule has 0 radical (unpaired) electrons. The Bertz CT molecular complexity index is 440. The van der Waals surface area contributed by atoms with Crippen LogP contribution in [0.25, 0.3) is 0 Å². The number of cyclic esters (lactones) is 1. The summed E-state index contributed by atoms with van der Waals surface area (Å²) in [4.78, 5) is 11.7. The number of nitrogens with one attached hydrogen (secondary N) is 1. The van der Waals surface area contributed by atoms with E-state index in [1.54, 1.807) is 0 Å². The highest BCUT2D eigenvalue weighted by atomic mass is 16.5. The zero-order valence-electron chi connectivity index (χ0n) is 14.1. The zero-order valence-corrected chi connectivity index (χ0v) is 14.1. The average molecular weight is 321 g/mol. The minimum absolute atomic E-state index is 0.188. The molecule has 2 N–H and O–H groups in total. The molecule has 4 fully saturated rings. The maximum absolute atomic E-state index is 11.7. The van der Waals surface area contributed by atoms with Gasteiger partial charge in [0.05, 0.1) is 6.61 Å². The molecule has 3 saturated carbocycles. The molecular formula is C19H31NO3. The maximum Gasteiger partial charge on any atom is 0.323 e. The highest BCUT2D eigenvalue weighted by Gasteiger charge is 2.45. The van der Waals surface area contributed by atoms with Crippen molar-refractivity contribution in [2.75, 3.05) is 6.61 Å². The maximum atomic E-state index is 11.7. The minimum Gasteiger partial charge on any atom is -0.464 e. The lowest BCUT2D eigenvalue weighted by atomic mass is 9.57. The van der Waals surface area contributed by atoms with Crippen LogP contribution in [-0.2, 0) is 9.53 Å². The van der Waals surface area contributed by atoms with Gasteiger partial charge in [0.15, 0.2) is 0 Å². The first kappa shape index (κ1) is 15.9. The summed E-state index contributed by atoms with van der Waals surface area (Å²) in [6.45, 7) is 0.490. The van der Waals surface area contributed by atoms with Gasteiger partial charge in [-0.25, -0.2) is 0 Å². The van der Waals surface area contributed by atoms with E-state index < -0.39 is 6.23 Å². The van der Waals surface area contributed by atoms with Gasteiger partial charge in [0.25, 0.3) is 0 Å². The van der Waals surface area contributed by atoms with Crippen molar-refractivity contribution in [1.29, 1.82) is 0 Å². The molecular weight excluding hydrogens is 290 g/mol. The van der Waals surface area contributed by atoms with E-state index in [9.17, 15) is 9.90 Å². The van der Waals surface area contributed by atoms with Crippen LogP contribution in [0.5, 0.6) is 0 Å². The number of carbonyl (C=O) groups excluding carboxylic acids is 1. The van der Waals surface area contributed by atoms with Gasteiger partial charge in [0.2, 0.25) is 0 Å². The molecule has 3 aliphatic carbocycles. The van der Waals surface area contributed by atoms with Crippen LogP contribution < -0.4 is 5.32 Å². The Balaban J connectivity index is 1.42. The third-order valence-electron chi connectivity index (χ3n) is 7.23. The monoisotopic (exact) mass is 321 g/mol. The summed E-state index contributed by atoms with van der Waals surface area (Å²) in [6, 6.07) is -0.295. The number of ether oxygens (including phenoxy) is 1. The van der Waals surface area contributed by atoms with E-state index in [-0.39, 0.29) is 12.0 Å². The largest absolute Gasteiger partial charge is 0.464 e. The van der Waals surface area contributed by atoms with Crippen molar-refractivity contribution in [2.24, 2.45) is 29.6 Å². The van der Waals surface area contributed by atoms with Gasteiger partial charge in [-0.3, -0.25) is 10.1 Å². The van der Waals surface area contributed by atoms with Crippen molar-refractivity contribution in [3.63, 3.8) is 0 Å². The predicted octanol–water partition coefficient (Wildman–Crippen LogP) is 2.84. The lowest BCUT2D eigenvalue weighted by Crippen LogP contribution is -2.51. The Labute approximate surface area is 139 Å². The third-order valence-corrected chi connectivity index (χ3v) is 7.23. The fourth-order valence-corrected chi connectivity index (χ4v) is 6.07. The molecule has 7 atom stereocenters. The molecule has 1 heterocycles. The highest BCUT2D eigenvalue weighted by Crippen LogP contribution is 2.52. The Hall–Kier alpha value is -0.610. The second-order valence-electron chi connectivity index (χ2n) is 8.41. The summed E-state index contributed by atoms with van der Waals surface area (Å²) in [7, 11) is 0. The predicted molar refractivity (Wildman–Crippen MR) is 87.5 cm³/mol. The molecule has 4 rings (SSSR count). The van der Waals surface area contributed by atoms with Crippen molar-refractivity contribution in [1.82, 2.24) is 5.32 Å². The first-order valence-electron chi connectivity index (χ1n) is 9.83. The van der Waals surface area contributed by atoms with Gasteiger partial charge in [-0.2, -0.15) is 0 Å². The highest BCUT2D eigenvalue weighted by molar-refractivity contribution is 5.77. The van der Waals surface area contributed by atoms with E-state index in [0.29, 0.717) is 24.9 Å². The van der Waals surface area contributed by atoms with Crippen LogP contribution in [0.15, 0.2) is 0 Å². The van der Waals surface area contributed by atoms with Crippen molar-refractivity contribution in [3.8, 4) is 0 Å². The Morgan fingerprint density at radius 2 is 1.70 bits per heavy atom. The number of hydrogen-bond acceptors (Lipinski definition) is 4. The Morgan fingerprint density at radius 3 is 2.43 bits per heavy atom. The van der Waals surface area contributed by atoms with E-state index in [0.717, 1.165) is 24.2 Å². The summed E-state index contributed by atoms with van der Waals surface area (Å²) in [5.41, 5.74) is 0. The van der Waals surface area contributed by atoms with E-state index in [1.165, 1.54) is 51.4 Å². The van der Waals surface area contributed by atoms with Gasteiger partial charge in [0.1, 0.15) is 12.3 Å². The number of aliphatic hydroxyl groups is 1. The number of rotatable bonds is 3. The Kier molecular flexibility index (Phi) is 4.64. The molecule has 4 aliphatic rings. The molecule has 0 spiro atoms. The molecule has 4 heteroatoms. The van der Waals surface area contributed by atoms with Gasteiger partial charge in [-0.15, -0.1) is 0 Å². The van der Waals surface area contributed by atoms with E-state index in [1.807, 2.05) is 0 Å². The molecule has 23 heavy (non-hydrogen) atoms. The number of hydrogen-bond donors (Lipinski definition) is 2. The minimum atomic E-state index is -0.543. The number of aliphatic hydroxyl groups excluding tert-OH is 1. The average Bonchev–Trinajstić information content (AvgIpc) is 2.97. The van der Waals surface area contributed by atoms with Gasteiger partial charge in [-0.1, -0.05) is 38.5 Å². The second-order valence-corrected chi connectivity index (χ2v) is 8.41. The second kappa shape index (κ2) is 6.72. The molecule has 0 aromatic heterocycles. The van der Waals surface area contributed by atoms with Crippen molar-refractivity contribution >= 4 is 5.97 Å². The first-order chi connectivity index (χ1) is 11.2. The number of fused-ring (bicyclic) bond motifs is 2. The Morgan fingerprint density at radius 1 is 0.957 bits per heavy atom. The SMILES string of the molecule is O=C1OCCC1NC(O)C1CCCC2CC3CCCCC3CC21. The van der Waals surface area contributed by atoms with Gasteiger partial charge in [0, 0.05) is 12.3 Å². The van der Waals surface area contributed by atoms with E-state index in [4.69, 9.17) is 4.74 Å². The van der Waals surface area contributed by atoms with Crippen LogP contribution in [0, 0.1) is 29.6 Å². The van der Waals surface area contributed by atoms with Gasteiger partial charge in [-0.05, 0) is 42.9 Å². The lowest BCUT2D eigenvalue weighted by Gasteiger charge is -2.50. The molecule has 0 aromatic rings. The summed E-state index contributed by atoms with van der Waals surface area (Å²) in [6.07, 6.45) is 12.2. The summed E-state index contributed by atoms with van der Waals surface area (Å²) in [5.74, 6) is 3.45. The smallest absolute Gasteiger partial charge is 0.323 e. The van der Waals surface area contributed by atoms with E-state index >= 15 is 0 Å². The quantitative estimate of drug-likeness (QED) is 0.620. The van der Waals surface area contributed by atoms with Gasteiger partial charge >= 0.3 is 5.97 Å². The molecule has 0 bridgehead atoms. The summed E-state index contributed by atoms with van der Waals surface area (Å²) >= 11 is 0. The standard InChI is InChI=1S/C19H31NO3/c21-18(20-17-8-9-23-19(17)22)15-7-3-6-14-10-12-4-1-2-5-13(12)11-16(14)15/h12-18,20-21H,1-11H2. The molecule has 4 nitrogen and oxygen atoms in total. The molecule has 1 saturated heterocycles. The van der Waals surface area contributed by atoms with Crippen molar-refractivity contribution < 1.29 is 14.6 Å². The molecule has 7 unspecified atom stereocenters. The van der Waals surface area contributed by atoms with Crippen LogP contribution in [0.1, 0.15) is 64.2 Å². The van der Waals surface area contributed by atoms with Crippen LogP contribution in [0.4, 0.5) is 0 Å². The molecule has 130 valence electrons. The van der Waals surface area contributed by atoms with Gasteiger partial charge < -0.3 is 9.84 Å².